The zero-order chi connectivity index (χ0) is 14.8. The van der Waals surface area contributed by atoms with Gasteiger partial charge in [0.05, 0.1) is 10.6 Å². The maximum absolute atomic E-state index is 11.0. The highest BCUT2D eigenvalue weighted by Crippen LogP contribution is 2.39. The summed E-state index contributed by atoms with van der Waals surface area (Å²) in [4.78, 5) is 13.3. The van der Waals surface area contributed by atoms with Crippen LogP contribution in [0.3, 0.4) is 0 Å². The van der Waals surface area contributed by atoms with Crippen molar-refractivity contribution < 1.29 is 9.90 Å². The summed E-state index contributed by atoms with van der Waals surface area (Å²) in [6.07, 6.45) is 4.85. The highest BCUT2D eigenvalue weighted by atomic mass is 35.5. The molecule has 20 heavy (non-hydrogen) atoms. The van der Waals surface area contributed by atoms with Crippen LogP contribution in [0.25, 0.3) is 0 Å². The van der Waals surface area contributed by atoms with Gasteiger partial charge >= 0.3 is 5.97 Å². The Morgan fingerprint density at radius 3 is 2.35 bits per heavy atom. The van der Waals surface area contributed by atoms with Crippen LogP contribution in [0, 0.1) is 5.41 Å². The smallest absolute Gasteiger partial charge is 0.337 e. The van der Waals surface area contributed by atoms with E-state index in [1.54, 1.807) is 12.1 Å². The lowest BCUT2D eigenvalue weighted by molar-refractivity contribution is 0.0697. The van der Waals surface area contributed by atoms with Gasteiger partial charge in [-0.3, -0.25) is 0 Å². The van der Waals surface area contributed by atoms with Crippen LogP contribution in [0.15, 0.2) is 18.2 Å². The van der Waals surface area contributed by atoms with Crippen LogP contribution in [0.5, 0.6) is 0 Å². The Morgan fingerprint density at radius 1 is 1.30 bits per heavy atom. The molecule has 1 aliphatic heterocycles. The van der Waals surface area contributed by atoms with Gasteiger partial charge in [0.15, 0.2) is 0 Å². The highest BCUT2D eigenvalue weighted by molar-refractivity contribution is 6.33. The first-order valence-corrected chi connectivity index (χ1v) is 7.67. The number of benzene rings is 1. The van der Waals surface area contributed by atoms with Crippen molar-refractivity contribution in [1.82, 2.24) is 0 Å². The molecule has 1 saturated heterocycles. The summed E-state index contributed by atoms with van der Waals surface area (Å²) in [7, 11) is 0. The molecule has 0 saturated carbocycles. The average Bonchev–Trinajstić information content (AvgIpc) is 2.47. The van der Waals surface area contributed by atoms with E-state index in [0.717, 1.165) is 18.8 Å². The molecule has 1 aromatic carbocycles. The Labute approximate surface area is 125 Å². The van der Waals surface area contributed by atoms with Crippen LogP contribution in [0.4, 0.5) is 5.69 Å². The number of aromatic carboxylic acids is 1. The van der Waals surface area contributed by atoms with Gasteiger partial charge in [-0.25, -0.2) is 4.79 Å². The summed E-state index contributed by atoms with van der Waals surface area (Å²) in [6, 6.07) is 5.23. The predicted molar refractivity (Wildman–Crippen MR) is 82.9 cm³/mol. The molecule has 1 aliphatic rings. The van der Waals surface area contributed by atoms with Crippen LogP contribution in [-0.4, -0.2) is 24.2 Å². The molecule has 0 unspecified atom stereocenters. The van der Waals surface area contributed by atoms with Crippen molar-refractivity contribution in [2.75, 3.05) is 18.0 Å². The second-order valence-electron chi connectivity index (χ2n) is 5.66. The third-order valence-corrected chi connectivity index (χ3v) is 5.19. The highest BCUT2D eigenvalue weighted by Gasteiger charge is 2.31. The molecule has 0 amide bonds. The summed E-state index contributed by atoms with van der Waals surface area (Å²) < 4.78 is 0. The van der Waals surface area contributed by atoms with Gasteiger partial charge in [0.2, 0.25) is 0 Å². The lowest BCUT2D eigenvalue weighted by Gasteiger charge is -2.42. The minimum absolute atomic E-state index is 0.170. The molecule has 1 aromatic rings. The number of piperidine rings is 1. The van der Waals surface area contributed by atoms with Gasteiger partial charge in [0.1, 0.15) is 0 Å². The Hall–Kier alpha value is -1.22. The van der Waals surface area contributed by atoms with Gasteiger partial charge in [-0.15, -0.1) is 0 Å². The second kappa shape index (κ2) is 6.04. The van der Waals surface area contributed by atoms with Crippen LogP contribution in [0.1, 0.15) is 49.9 Å². The van der Waals surface area contributed by atoms with Crippen molar-refractivity contribution in [1.29, 1.82) is 0 Å². The van der Waals surface area contributed by atoms with Crippen LogP contribution >= 0.6 is 11.6 Å². The van der Waals surface area contributed by atoms with Crippen LogP contribution in [0.2, 0.25) is 5.02 Å². The third-order valence-electron chi connectivity index (χ3n) is 4.87. The van der Waals surface area contributed by atoms with Gasteiger partial charge in [-0.1, -0.05) is 38.3 Å². The largest absolute Gasteiger partial charge is 0.478 e. The molecule has 0 aliphatic carbocycles. The van der Waals surface area contributed by atoms with Crippen molar-refractivity contribution in [3.8, 4) is 0 Å². The van der Waals surface area contributed by atoms with Gasteiger partial charge in [0.25, 0.3) is 0 Å². The van der Waals surface area contributed by atoms with E-state index in [4.69, 9.17) is 16.7 Å². The number of hydrogen-bond acceptors (Lipinski definition) is 2. The van der Waals surface area contributed by atoms with Crippen molar-refractivity contribution in [2.45, 2.75) is 39.5 Å². The first-order valence-electron chi connectivity index (χ1n) is 7.29. The standard InChI is InChI=1S/C16H22ClNO2/c1-3-16(4-2)7-9-18(10-8-16)12-5-6-13(15(19)20)14(17)11-12/h5-6,11H,3-4,7-10H2,1-2H3,(H,19,20). The van der Waals surface area contributed by atoms with E-state index in [0.29, 0.717) is 10.4 Å². The fourth-order valence-corrected chi connectivity index (χ4v) is 3.33. The molecular weight excluding hydrogens is 274 g/mol. The molecule has 0 spiro atoms. The Kier molecular flexibility index (Phi) is 4.59. The topological polar surface area (TPSA) is 40.5 Å². The SMILES string of the molecule is CCC1(CC)CCN(c2ccc(C(=O)O)c(Cl)c2)CC1. The summed E-state index contributed by atoms with van der Waals surface area (Å²) >= 11 is 6.05. The molecule has 4 heteroatoms. The zero-order valence-electron chi connectivity index (χ0n) is 12.2. The summed E-state index contributed by atoms with van der Waals surface area (Å²) in [5.41, 5.74) is 1.69. The lowest BCUT2D eigenvalue weighted by atomic mass is 9.74. The molecule has 0 atom stereocenters. The van der Waals surface area contributed by atoms with E-state index in [1.165, 1.54) is 25.7 Å². The van der Waals surface area contributed by atoms with Crippen LogP contribution in [-0.2, 0) is 0 Å². The van der Waals surface area contributed by atoms with E-state index < -0.39 is 5.97 Å². The van der Waals surface area contributed by atoms with Crippen molar-refractivity contribution in [3.05, 3.63) is 28.8 Å². The van der Waals surface area contributed by atoms with Crippen LogP contribution < -0.4 is 4.90 Å². The monoisotopic (exact) mass is 295 g/mol. The molecule has 1 fully saturated rings. The molecule has 1 heterocycles. The predicted octanol–water partition coefficient (Wildman–Crippen LogP) is 4.44. The van der Waals surface area contributed by atoms with Crippen molar-refractivity contribution in [2.24, 2.45) is 5.41 Å². The van der Waals surface area contributed by atoms with Crippen molar-refractivity contribution in [3.63, 3.8) is 0 Å². The molecule has 0 bridgehead atoms. The number of carboxylic acid groups (broad SMARTS) is 1. The quantitative estimate of drug-likeness (QED) is 0.892. The number of halogens is 1. The van der Waals surface area contributed by atoms with E-state index in [-0.39, 0.29) is 5.56 Å². The number of anilines is 1. The van der Waals surface area contributed by atoms with Gasteiger partial charge in [-0.2, -0.15) is 0 Å². The number of rotatable bonds is 4. The second-order valence-corrected chi connectivity index (χ2v) is 6.07. The maximum atomic E-state index is 11.0. The van der Waals surface area contributed by atoms with E-state index in [9.17, 15) is 4.79 Å². The zero-order valence-corrected chi connectivity index (χ0v) is 12.9. The number of hydrogen-bond donors (Lipinski definition) is 1. The maximum Gasteiger partial charge on any atom is 0.337 e. The minimum atomic E-state index is -0.976. The lowest BCUT2D eigenvalue weighted by Crippen LogP contribution is -2.39. The van der Waals surface area contributed by atoms with E-state index in [1.807, 2.05) is 6.07 Å². The normalized spacial score (nSPS) is 18.1. The van der Waals surface area contributed by atoms with Gasteiger partial charge in [-0.05, 0) is 36.5 Å². The van der Waals surface area contributed by atoms with E-state index in [2.05, 4.69) is 18.7 Å². The number of nitrogens with zero attached hydrogens (tertiary/aromatic N) is 1. The fourth-order valence-electron chi connectivity index (χ4n) is 3.07. The summed E-state index contributed by atoms with van der Waals surface area (Å²) in [5, 5.41) is 9.32. The van der Waals surface area contributed by atoms with Crippen molar-refractivity contribution >= 4 is 23.3 Å². The molecule has 3 nitrogen and oxygen atoms in total. The molecule has 2 rings (SSSR count). The summed E-state index contributed by atoms with van der Waals surface area (Å²) in [5.74, 6) is -0.976. The molecule has 1 N–H and O–H groups in total. The fraction of sp³-hybridized carbons (Fsp3) is 0.562. The Balaban J connectivity index is 2.11. The molecule has 0 radical (unpaired) electrons. The number of carboxylic acids is 1. The molecule has 110 valence electrons. The molecular formula is C16H22ClNO2. The average molecular weight is 296 g/mol. The Morgan fingerprint density at radius 2 is 1.90 bits per heavy atom. The Bertz CT molecular complexity index is 487. The third kappa shape index (κ3) is 2.93. The van der Waals surface area contributed by atoms with E-state index >= 15 is 0 Å². The number of carbonyl (C=O) groups is 1. The first kappa shape index (κ1) is 15.2. The first-order chi connectivity index (χ1) is 9.51. The molecule has 0 aromatic heterocycles. The van der Waals surface area contributed by atoms with Gasteiger partial charge in [0, 0.05) is 18.8 Å². The minimum Gasteiger partial charge on any atom is -0.478 e. The van der Waals surface area contributed by atoms with Gasteiger partial charge < -0.3 is 10.0 Å². The summed E-state index contributed by atoms with van der Waals surface area (Å²) in [6.45, 7) is 6.59.